The van der Waals surface area contributed by atoms with E-state index in [0.29, 0.717) is 12.2 Å². The van der Waals surface area contributed by atoms with Crippen LogP contribution in [0.3, 0.4) is 0 Å². The van der Waals surface area contributed by atoms with Crippen LogP contribution in [0.4, 0.5) is 0 Å². The van der Waals surface area contributed by atoms with Crippen molar-refractivity contribution in [2.24, 2.45) is 5.92 Å². The average Bonchev–Trinajstić information content (AvgIpc) is 2.72. The number of benzene rings is 2. The molecule has 7 heteroatoms. The van der Waals surface area contributed by atoms with E-state index in [1.165, 1.54) is 0 Å². The van der Waals surface area contributed by atoms with Crippen molar-refractivity contribution in [2.75, 3.05) is 13.2 Å². The van der Waals surface area contributed by atoms with Gasteiger partial charge in [-0.3, -0.25) is 14.9 Å². The number of Topliss-reactive ketones (excluding diaryl/α,β-unsaturated/α-hetero) is 1. The van der Waals surface area contributed by atoms with Gasteiger partial charge in [0.15, 0.2) is 0 Å². The lowest BCUT2D eigenvalue weighted by molar-refractivity contribution is -0.484. The van der Waals surface area contributed by atoms with E-state index in [1.807, 2.05) is 30.3 Å². The van der Waals surface area contributed by atoms with E-state index in [0.717, 1.165) is 5.56 Å². The van der Waals surface area contributed by atoms with Gasteiger partial charge in [0.2, 0.25) is 12.3 Å². The molecule has 7 nitrogen and oxygen atoms in total. The first kappa shape index (κ1) is 24.2. The van der Waals surface area contributed by atoms with Crippen molar-refractivity contribution in [1.82, 2.24) is 0 Å². The number of hydrogen-bond donors (Lipinski definition) is 0. The average molecular weight is 427 g/mol. The number of ether oxygens (including phenoxy) is 2. The summed E-state index contributed by atoms with van der Waals surface area (Å²) in [4.78, 5) is 36.4. The van der Waals surface area contributed by atoms with Crippen molar-refractivity contribution in [2.45, 2.75) is 45.3 Å². The van der Waals surface area contributed by atoms with E-state index in [4.69, 9.17) is 9.47 Å². The highest BCUT2D eigenvalue weighted by Gasteiger charge is 2.38. The first-order valence-electron chi connectivity index (χ1n) is 10.2. The molecule has 2 atom stereocenters. The predicted octanol–water partition coefficient (Wildman–Crippen LogP) is 4.18. The van der Waals surface area contributed by atoms with Crippen LogP contribution in [-0.2, 0) is 25.7 Å². The summed E-state index contributed by atoms with van der Waals surface area (Å²) in [5.74, 6) is -3.45. The van der Waals surface area contributed by atoms with Gasteiger partial charge in [-0.15, -0.1) is 0 Å². The third-order valence-corrected chi connectivity index (χ3v) is 4.68. The molecule has 2 aromatic rings. The molecule has 31 heavy (non-hydrogen) atoms. The normalized spacial score (nSPS) is 13.3. The van der Waals surface area contributed by atoms with E-state index >= 15 is 0 Å². The Balaban J connectivity index is 2.20. The Morgan fingerprint density at radius 2 is 1.58 bits per heavy atom. The van der Waals surface area contributed by atoms with Crippen molar-refractivity contribution < 1.29 is 24.0 Å². The fraction of sp³-hybridized carbons (Fsp3) is 0.417. The van der Waals surface area contributed by atoms with E-state index in [2.05, 4.69) is 0 Å². The summed E-state index contributed by atoms with van der Waals surface area (Å²) in [6.07, 6.45) is 0.165. The monoisotopic (exact) mass is 427 g/mol. The third-order valence-electron chi connectivity index (χ3n) is 4.68. The summed E-state index contributed by atoms with van der Waals surface area (Å²) in [5.41, 5.74) is 0.762. The van der Waals surface area contributed by atoms with Gasteiger partial charge in [0.05, 0.1) is 12.5 Å². The van der Waals surface area contributed by atoms with Crippen molar-refractivity contribution in [3.05, 3.63) is 81.9 Å². The Morgan fingerprint density at radius 3 is 2.13 bits per heavy atom. The van der Waals surface area contributed by atoms with E-state index < -0.39 is 40.7 Å². The van der Waals surface area contributed by atoms with Crippen molar-refractivity contribution in [3.8, 4) is 0 Å². The van der Waals surface area contributed by atoms with E-state index in [1.54, 1.807) is 51.1 Å². The number of nitrogens with zero attached hydrogens (tertiary/aromatic N) is 1. The number of carbonyl (C=O) groups excluding carboxylic acids is 2. The third kappa shape index (κ3) is 8.30. The van der Waals surface area contributed by atoms with Crippen LogP contribution in [0.1, 0.15) is 44.2 Å². The summed E-state index contributed by atoms with van der Waals surface area (Å²) in [6, 6.07) is 18.3. The highest BCUT2D eigenvalue weighted by atomic mass is 16.6. The predicted molar refractivity (Wildman–Crippen MR) is 116 cm³/mol. The van der Waals surface area contributed by atoms with Gasteiger partial charge < -0.3 is 9.47 Å². The zero-order valence-corrected chi connectivity index (χ0v) is 18.2. The lowest BCUT2D eigenvalue weighted by Gasteiger charge is -2.25. The molecule has 0 spiro atoms. The fourth-order valence-electron chi connectivity index (χ4n) is 3.30. The lowest BCUT2D eigenvalue weighted by atomic mass is 9.81. The van der Waals surface area contributed by atoms with Crippen molar-refractivity contribution in [3.63, 3.8) is 0 Å². The minimum atomic E-state index is -0.982. The zero-order valence-electron chi connectivity index (χ0n) is 18.2. The van der Waals surface area contributed by atoms with Gasteiger partial charge in [0.1, 0.15) is 5.60 Å². The molecular weight excluding hydrogens is 398 g/mol. The van der Waals surface area contributed by atoms with Crippen LogP contribution < -0.4 is 0 Å². The summed E-state index contributed by atoms with van der Waals surface area (Å²) >= 11 is 0. The van der Waals surface area contributed by atoms with E-state index in [-0.39, 0.29) is 13.0 Å². The Bertz CT molecular complexity index is 861. The summed E-state index contributed by atoms with van der Waals surface area (Å²) in [6.45, 7) is 5.06. The molecule has 0 heterocycles. The maximum Gasteiger partial charge on any atom is 0.375 e. The van der Waals surface area contributed by atoms with Crippen LogP contribution in [0.2, 0.25) is 0 Å². The molecule has 0 amide bonds. The molecule has 0 aliphatic rings. The molecule has 166 valence electrons. The maximum absolute atomic E-state index is 13.0. The van der Waals surface area contributed by atoms with E-state index in [9.17, 15) is 19.7 Å². The highest BCUT2D eigenvalue weighted by Crippen LogP contribution is 2.30. The molecule has 0 saturated carbocycles. The number of ketones is 1. The van der Waals surface area contributed by atoms with Crippen molar-refractivity contribution in [1.29, 1.82) is 0 Å². The van der Waals surface area contributed by atoms with Crippen LogP contribution in [0.25, 0.3) is 0 Å². The molecule has 0 fully saturated rings. The second-order valence-corrected chi connectivity index (χ2v) is 8.33. The second kappa shape index (κ2) is 11.4. The summed E-state index contributed by atoms with van der Waals surface area (Å²) in [5, 5.41) is 11.4. The van der Waals surface area contributed by atoms with Gasteiger partial charge in [-0.05, 0) is 38.3 Å². The Morgan fingerprint density at radius 1 is 1.00 bits per heavy atom. The first-order valence-corrected chi connectivity index (χ1v) is 10.2. The van der Waals surface area contributed by atoms with Gasteiger partial charge in [0, 0.05) is 17.4 Å². The van der Waals surface area contributed by atoms with Crippen LogP contribution >= 0.6 is 0 Å². The molecule has 0 aliphatic carbocycles. The first-order chi connectivity index (χ1) is 14.7. The summed E-state index contributed by atoms with van der Waals surface area (Å²) in [7, 11) is 0. The topological polar surface area (TPSA) is 95.7 Å². The standard InChI is InChI=1S/C24H29NO6/c1-24(2,3)31-23(27)22(26)20(14-15-30-17-18-10-6-4-7-11-18)21(16-25(28)29)19-12-8-5-9-13-19/h4-13,20-21H,14-17H2,1-3H3/t20-,21-/m1/s1. The maximum atomic E-state index is 13.0. The Hall–Kier alpha value is -3.06. The minimum absolute atomic E-state index is 0.165. The molecule has 0 saturated heterocycles. The Labute approximate surface area is 182 Å². The van der Waals surface area contributed by atoms with Crippen molar-refractivity contribution >= 4 is 11.8 Å². The van der Waals surface area contributed by atoms with Crippen LogP contribution in [-0.4, -0.2) is 35.4 Å². The number of rotatable bonds is 11. The molecular formula is C24H29NO6. The van der Waals surface area contributed by atoms with Crippen LogP contribution in [0.5, 0.6) is 0 Å². The Kier molecular flexibility index (Phi) is 8.88. The molecule has 0 radical (unpaired) electrons. The van der Waals surface area contributed by atoms with Gasteiger partial charge in [-0.25, -0.2) is 4.79 Å². The van der Waals surface area contributed by atoms with Gasteiger partial charge >= 0.3 is 5.97 Å². The van der Waals surface area contributed by atoms with Gasteiger partial charge in [-0.2, -0.15) is 0 Å². The fourth-order valence-corrected chi connectivity index (χ4v) is 3.30. The molecule has 2 rings (SSSR count). The summed E-state index contributed by atoms with van der Waals surface area (Å²) < 4.78 is 10.9. The zero-order chi connectivity index (χ0) is 22.9. The number of esters is 1. The molecule has 0 aromatic heterocycles. The lowest BCUT2D eigenvalue weighted by Crippen LogP contribution is -2.37. The SMILES string of the molecule is CC(C)(C)OC(=O)C(=O)[C@H](CCOCc1ccccc1)[C@H](C[N+](=O)[O-])c1ccccc1. The molecule has 0 N–H and O–H groups in total. The highest BCUT2D eigenvalue weighted by molar-refractivity contribution is 6.34. The van der Waals surface area contributed by atoms with Crippen LogP contribution in [0, 0.1) is 16.0 Å². The molecule has 2 aromatic carbocycles. The largest absolute Gasteiger partial charge is 0.454 e. The smallest absolute Gasteiger partial charge is 0.375 e. The number of nitro groups is 1. The van der Waals surface area contributed by atoms with Crippen LogP contribution in [0.15, 0.2) is 60.7 Å². The van der Waals surface area contributed by atoms with Gasteiger partial charge in [0.25, 0.3) is 0 Å². The second-order valence-electron chi connectivity index (χ2n) is 8.33. The quantitative estimate of drug-likeness (QED) is 0.175. The number of carbonyl (C=O) groups is 2. The molecule has 0 unspecified atom stereocenters. The van der Waals surface area contributed by atoms with Gasteiger partial charge in [-0.1, -0.05) is 60.7 Å². The molecule has 0 aliphatic heterocycles. The molecule has 0 bridgehead atoms. The number of hydrogen-bond acceptors (Lipinski definition) is 6. The minimum Gasteiger partial charge on any atom is -0.454 e.